The molecule has 0 unspecified atom stereocenters. The van der Waals surface area contributed by atoms with Gasteiger partial charge in [0.2, 0.25) is 0 Å². The summed E-state index contributed by atoms with van der Waals surface area (Å²) >= 11 is 0. The maximum Gasteiger partial charge on any atom is 0.332 e. The van der Waals surface area contributed by atoms with E-state index in [1.165, 1.54) is 26.0 Å². The van der Waals surface area contributed by atoms with Crippen molar-refractivity contribution in [1.82, 2.24) is 4.90 Å². The van der Waals surface area contributed by atoms with Crippen LogP contribution in [-0.2, 0) is 20.7 Å². The molecule has 2 aromatic carbocycles. The first-order chi connectivity index (χ1) is 20.6. The summed E-state index contributed by atoms with van der Waals surface area (Å²) in [6, 6.07) is 9.88. The summed E-state index contributed by atoms with van der Waals surface area (Å²) in [6.07, 6.45) is 6.97. The number of ether oxygens (including phenoxy) is 3. The van der Waals surface area contributed by atoms with Gasteiger partial charge in [0, 0.05) is 36.9 Å². The van der Waals surface area contributed by atoms with E-state index in [9.17, 15) is 9.18 Å². The summed E-state index contributed by atoms with van der Waals surface area (Å²) in [5, 5.41) is 0. The molecule has 0 fully saturated rings. The van der Waals surface area contributed by atoms with Gasteiger partial charge in [0.05, 0.1) is 19.3 Å². The first-order valence-corrected chi connectivity index (χ1v) is 15.7. The van der Waals surface area contributed by atoms with Gasteiger partial charge in [-0.2, -0.15) is 0 Å². The quantitative estimate of drug-likeness (QED) is 0.144. The van der Waals surface area contributed by atoms with Gasteiger partial charge >= 0.3 is 5.97 Å². The molecule has 0 spiro atoms. The van der Waals surface area contributed by atoms with Crippen molar-refractivity contribution in [1.29, 1.82) is 0 Å². The Kier molecular flexibility index (Phi) is 11.7. The van der Waals surface area contributed by atoms with E-state index in [-0.39, 0.29) is 36.5 Å². The molecule has 2 atom stereocenters. The lowest BCUT2D eigenvalue weighted by molar-refractivity contribution is -0.148. The number of halogens is 3. The van der Waals surface area contributed by atoms with E-state index in [0.717, 1.165) is 60.8 Å². The predicted molar refractivity (Wildman–Crippen MR) is 163 cm³/mol. The minimum absolute atomic E-state index is 0.00561. The van der Waals surface area contributed by atoms with Crippen LogP contribution in [0.1, 0.15) is 95.4 Å². The van der Waals surface area contributed by atoms with Crippen LogP contribution in [-0.4, -0.2) is 55.6 Å². The fraction of sp³-hybridized carbons (Fsp3) is 0.571. The first-order valence-electron chi connectivity index (χ1n) is 15.7. The Hall–Kier alpha value is -2.84. The lowest BCUT2D eigenvalue weighted by Crippen LogP contribution is -2.47. The van der Waals surface area contributed by atoms with Crippen LogP contribution in [0.15, 0.2) is 42.0 Å². The SMILES string of the molecule is CCOC(=O)COCCCCCCCCOc1cc(F)c([C@@H]2C3=C(C[C@@H](C)N2CC(C)(C)F)c2ccccc2C3)c(F)c1. The van der Waals surface area contributed by atoms with Crippen LogP contribution in [0.4, 0.5) is 13.2 Å². The average molecular weight is 602 g/mol. The molecule has 43 heavy (non-hydrogen) atoms. The van der Waals surface area contributed by atoms with Crippen LogP contribution < -0.4 is 4.74 Å². The number of benzene rings is 2. The number of carbonyl (C=O) groups is 1. The smallest absolute Gasteiger partial charge is 0.332 e. The number of esters is 1. The molecule has 0 saturated heterocycles. The lowest BCUT2D eigenvalue weighted by atomic mass is 9.84. The summed E-state index contributed by atoms with van der Waals surface area (Å²) in [7, 11) is 0. The van der Waals surface area contributed by atoms with Crippen LogP contribution >= 0.6 is 0 Å². The highest BCUT2D eigenvalue weighted by molar-refractivity contribution is 5.79. The van der Waals surface area contributed by atoms with Gasteiger partial charge in [-0.25, -0.2) is 18.0 Å². The van der Waals surface area contributed by atoms with Gasteiger partial charge in [0.1, 0.15) is 29.7 Å². The van der Waals surface area contributed by atoms with Gasteiger partial charge in [0.15, 0.2) is 0 Å². The third-order valence-electron chi connectivity index (χ3n) is 8.20. The molecular formula is C35H46F3NO4. The zero-order chi connectivity index (χ0) is 31.0. The summed E-state index contributed by atoms with van der Waals surface area (Å²) in [4.78, 5) is 13.2. The fourth-order valence-electron chi connectivity index (χ4n) is 6.31. The predicted octanol–water partition coefficient (Wildman–Crippen LogP) is 8.16. The van der Waals surface area contributed by atoms with E-state index in [0.29, 0.717) is 32.7 Å². The molecule has 1 heterocycles. The van der Waals surface area contributed by atoms with E-state index in [4.69, 9.17) is 14.2 Å². The molecule has 0 N–H and O–H groups in total. The van der Waals surface area contributed by atoms with Crippen LogP contribution in [0, 0.1) is 11.6 Å². The molecule has 4 rings (SSSR count). The molecule has 236 valence electrons. The van der Waals surface area contributed by atoms with Gasteiger partial charge in [0.25, 0.3) is 0 Å². The van der Waals surface area contributed by atoms with E-state index < -0.39 is 23.3 Å². The van der Waals surface area contributed by atoms with E-state index in [1.54, 1.807) is 6.92 Å². The molecule has 0 bridgehead atoms. The van der Waals surface area contributed by atoms with E-state index in [2.05, 4.69) is 12.1 Å². The van der Waals surface area contributed by atoms with Crippen molar-refractivity contribution in [2.24, 2.45) is 0 Å². The zero-order valence-electron chi connectivity index (χ0n) is 26.0. The molecule has 1 aliphatic carbocycles. The second-order valence-corrected chi connectivity index (χ2v) is 12.3. The highest BCUT2D eigenvalue weighted by Gasteiger charge is 2.43. The van der Waals surface area contributed by atoms with Crippen LogP contribution in [0.2, 0.25) is 0 Å². The number of hydrogen-bond donors (Lipinski definition) is 0. The molecule has 1 aliphatic heterocycles. The van der Waals surface area contributed by atoms with Gasteiger partial charge in [-0.3, -0.25) is 4.90 Å². The Morgan fingerprint density at radius 1 is 1.00 bits per heavy atom. The highest BCUT2D eigenvalue weighted by Crippen LogP contribution is 2.50. The van der Waals surface area contributed by atoms with Crippen LogP contribution in [0.5, 0.6) is 5.75 Å². The summed E-state index contributed by atoms with van der Waals surface area (Å²) in [5.74, 6) is -1.50. The topological polar surface area (TPSA) is 48.0 Å². The maximum atomic E-state index is 15.8. The first kappa shape index (κ1) is 33.1. The van der Waals surface area contributed by atoms with Gasteiger partial charge in [-0.1, -0.05) is 49.9 Å². The van der Waals surface area contributed by atoms with Crippen molar-refractivity contribution in [3.63, 3.8) is 0 Å². The van der Waals surface area contributed by atoms with Gasteiger partial charge in [-0.05, 0) is 75.7 Å². The highest BCUT2D eigenvalue weighted by atomic mass is 19.1. The summed E-state index contributed by atoms with van der Waals surface area (Å²) in [6.45, 7) is 8.12. The minimum Gasteiger partial charge on any atom is -0.493 e. The van der Waals surface area contributed by atoms with E-state index >= 15 is 8.78 Å². The third kappa shape index (κ3) is 8.85. The van der Waals surface area contributed by atoms with Crippen LogP contribution in [0.25, 0.3) is 5.57 Å². The maximum absolute atomic E-state index is 15.8. The third-order valence-corrected chi connectivity index (χ3v) is 8.20. The molecule has 5 nitrogen and oxygen atoms in total. The molecule has 8 heteroatoms. The molecule has 0 aromatic heterocycles. The van der Waals surface area contributed by atoms with Gasteiger partial charge < -0.3 is 14.2 Å². The molecule has 0 saturated carbocycles. The molecule has 0 radical (unpaired) electrons. The molecule has 2 aliphatic rings. The summed E-state index contributed by atoms with van der Waals surface area (Å²) in [5.41, 5.74) is 2.81. The average Bonchev–Trinajstić information content (AvgIpc) is 3.30. The number of alkyl halides is 1. The van der Waals surface area contributed by atoms with Crippen molar-refractivity contribution >= 4 is 11.5 Å². The number of hydrogen-bond acceptors (Lipinski definition) is 5. The van der Waals surface area contributed by atoms with Crippen molar-refractivity contribution in [2.45, 2.75) is 96.8 Å². The molecular weight excluding hydrogens is 555 g/mol. The van der Waals surface area contributed by atoms with Gasteiger partial charge in [-0.15, -0.1) is 0 Å². The summed E-state index contributed by atoms with van der Waals surface area (Å²) < 4.78 is 62.5. The second-order valence-electron chi connectivity index (χ2n) is 12.3. The zero-order valence-corrected chi connectivity index (χ0v) is 26.0. The van der Waals surface area contributed by atoms with Crippen LogP contribution in [0.3, 0.4) is 0 Å². The Balaban J connectivity index is 1.33. The molecule has 2 aromatic rings. The van der Waals surface area contributed by atoms with Crippen molar-refractivity contribution < 1.29 is 32.2 Å². The standard InChI is InChI=1S/C35H46F3NO4/c1-5-42-32(40)22-41-16-12-8-6-7-9-13-17-43-26-20-30(36)33(31(37)21-26)34-29-19-25-14-10-11-15-27(25)28(29)18-24(2)39(34)23-35(3,4)38/h10-11,14-15,20-21,24,34H,5-9,12-13,16-19,22-23H2,1-4H3/t24-,34+/m1/s1. The number of rotatable bonds is 16. The lowest BCUT2D eigenvalue weighted by Gasteiger charge is -2.44. The van der Waals surface area contributed by atoms with Crippen molar-refractivity contribution in [2.75, 3.05) is 33.0 Å². The Bertz CT molecular complexity index is 1250. The molecule has 0 amide bonds. The Morgan fingerprint density at radius 2 is 1.65 bits per heavy atom. The largest absolute Gasteiger partial charge is 0.493 e. The Morgan fingerprint density at radius 3 is 2.33 bits per heavy atom. The number of nitrogens with zero attached hydrogens (tertiary/aromatic N) is 1. The van der Waals surface area contributed by atoms with Crippen molar-refractivity contribution in [3.05, 3.63) is 70.3 Å². The second kappa shape index (κ2) is 15.2. The van der Waals surface area contributed by atoms with Crippen molar-refractivity contribution in [3.8, 4) is 5.75 Å². The number of unbranched alkanes of at least 4 members (excludes halogenated alkanes) is 5. The normalized spacial score (nSPS) is 18.5. The minimum atomic E-state index is -1.52. The Labute approximate surface area is 254 Å². The van der Waals surface area contributed by atoms with E-state index in [1.807, 2.05) is 24.0 Å². The monoisotopic (exact) mass is 601 g/mol. The fourth-order valence-corrected chi connectivity index (χ4v) is 6.31. The number of fused-ring (bicyclic) bond motifs is 2. The number of carbonyl (C=O) groups excluding carboxylic acids is 1.